The highest BCUT2D eigenvalue weighted by Gasteiger charge is 2.23. The first-order valence-corrected chi connectivity index (χ1v) is 9.02. The molecule has 0 saturated heterocycles. The summed E-state index contributed by atoms with van der Waals surface area (Å²) in [4.78, 5) is 23.7. The Hall–Kier alpha value is -3.09. The van der Waals surface area contributed by atoms with Crippen LogP contribution in [0.4, 0.5) is 4.39 Å². The van der Waals surface area contributed by atoms with Gasteiger partial charge in [-0.15, -0.1) is 0 Å². The first-order valence-electron chi connectivity index (χ1n) is 9.02. The summed E-state index contributed by atoms with van der Waals surface area (Å²) >= 11 is 0. The van der Waals surface area contributed by atoms with Crippen molar-refractivity contribution in [2.45, 2.75) is 32.2 Å². The molecule has 150 valence electrons. The van der Waals surface area contributed by atoms with Gasteiger partial charge in [0.05, 0.1) is 13.7 Å². The number of carboxylic acid groups (broad SMARTS) is 1. The third-order valence-electron chi connectivity index (χ3n) is 4.10. The van der Waals surface area contributed by atoms with Crippen LogP contribution in [0.5, 0.6) is 11.5 Å². The lowest BCUT2D eigenvalue weighted by molar-refractivity contribution is -0.142. The molecule has 2 rings (SSSR count). The molecule has 0 aliphatic rings. The number of carbonyl (C=O) groups is 2. The van der Waals surface area contributed by atoms with Gasteiger partial charge in [-0.25, -0.2) is 9.18 Å². The number of carbonyl (C=O) groups excluding carboxylic acids is 1. The third kappa shape index (κ3) is 5.97. The number of halogens is 1. The van der Waals surface area contributed by atoms with Crippen LogP contribution in [0.2, 0.25) is 0 Å². The minimum absolute atomic E-state index is 0.00517. The van der Waals surface area contributed by atoms with Crippen LogP contribution >= 0.6 is 0 Å². The quantitative estimate of drug-likeness (QED) is 0.650. The van der Waals surface area contributed by atoms with E-state index in [2.05, 4.69) is 5.32 Å². The number of nitrogens with one attached hydrogen (secondary N) is 1. The second-order valence-corrected chi connectivity index (χ2v) is 6.23. The molecule has 0 radical (unpaired) electrons. The van der Waals surface area contributed by atoms with Crippen LogP contribution in [0, 0.1) is 5.82 Å². The Labute approximate surface area is 163 Å². The molecule has 2 aromatic rings. The van der Waals surface area contributed by atoms with E-state index in [1.165, 1.54) is 19.2 Å². The summed E-state index contributed by atoms with van der Waals surface area (Å²) < 4.78 is 24.2. The summed E-state index contributed by atoms with van der Waals surface area (Å²) in [6.45, 7) is 2.67. The van der Waals surface area contributed by atoms with Gasteiger partial charge in [0, 0.05) is 6.42 Å². The van der Waals surface area contributed by atoms with Crippen molar-refractivity contribution < 1.29 is 28.6 Å². The number of methoxy groups -OCH3 is 1. The van der Waals surface area contributed by atoms with Crippen molar-refractivity contribution >= 4 is 11.9 Å². The second-order valence-electron chi connectivity index (χ2n) is 6.23. The van der Waals surface area contributed by atoms with Gasteiger partial charge >= 0.3 is 5.97 Å². The van der Waals surface area contributed by atoms with E-state index in [9.17, 15) is 19.1 Å². The number of aliphatic carboxylic acids is 1. The maximum atomic E-state index is 13.9. The lowest BCUT2D eigenvalue weighted by Gasteiger charge is -2.16. The standard InChI is InChI=1S/C21H24FNO5/c1-3-12-28-16-8-4-14(5-9-16)6-11-19(24)23-20(21(25)26)15-7-10-18(27-2)17(22)13-15/h4-5,7-10,13,20H,3,6,11-12H2,1-2H3,(H,23,24)(H,25,26). The molecule has 0 aromatic heterocycles. The lowest BCUT2D eigenvalue weighted by atomic mass is 10.1. The fourth-order valence-corrected chi connectivity index (χ4v) is 2.61. The Balaban J connectivity index is 1.95. The first kappa shape index (κ1) is 21.2. The van der Waals surface area contributed by atoms with Crippen molar-refractivity contribution in [3.8, 4) is 11.5 Å². The summed E-state index contributed by atoms with van der Waals surface area (Å²) in [5, 5.41) is 11.8. The van der Waals surface area contributed by atoms with Crippen molar-refractivity contribution in [1.82, 2.24) is 5.32 Å². The molecule has 7 heteroatoms. The molecule has 0 bridgehead atoms. The normalized spacial score (nSPS) is 11.5. The van der Waals surface area contributed by atoms with Crippen LogP contribution in [0.25, 0.3) is 0 Å². The zero-order valence-corrected chi connectivity index (χ0v) is 15.9. The molecule has 0 aliphatic carbocycles. The molecule has 2 aromatic carbocycles. The van der Waals surface area contributed by atoms with Crippen LogP contribution in [-0.4, -0.2) is 30.7 Å². The first-order chi connectivity index (χ1) is 13.4. The maximum absolute atomic E-state index is 13.9. The van der Waals surface area contributed by atoms with Gasteiger partial charge in [0.1, 0.15) is 5.75 Å². The summed E-state index contributed by atoms with van der Waals surface area (Å²) in [5.74, 6) is -1.62. The Morgan fingerprint density at radius 3 is 2.46 bits per heavy atom. The zero-order valence-electron chi connectivity index (χ0n) is 15.9. The number of amides is 1. The van der Waals surface area contributed by atoms with Crippen LogP contribution in [-0.2, 0) is 16.0 Å². The number of carboxylic acids is 1. The van der Waals surface area contributed by atoms with Crippen molar-refractivity contribution in [2.24, 2.45) is 0 Å². The van der Waals surface area contributed by atoms with Gasteiger partial charge in [-0.2, -0.15) is 0 Å². The van der Waals surface area contributed by atoms with Gasteiger partial charge in [-0.05, 0) is 48.2 Å². The molecule has 0 aliphatic heterocycles. The molecule has 0 spiro atoms. The number of aryl methyl sites for hydroxylation is 1. The largest absolute Gasteiger partial charge is 0.494 e. The average molecular weight is 389 g/mol. The van der Waals surface area contributed by atoms with Gasteiger partial charge in [0.2, 0.25) is 5.91 Å². The summed E-state index contributed by atoms with van der Waals surface area (Å²) in [6.07, 6.45) is 1.48. The Kier molecular flexibility index (Phi) is 7.80. The molecule has 1 atom stereocenters. The van der Waals surface area contributed by atoms with Crippen molar-refractivity contribution in [3.63, 3.8) is 0 Å². The van der Waals surface area contributed by atoms with E-state index in [1.54, 1.807) is 0 Å². The van der Waals surface area contributed by atoms with E-state index < -0.39 is 23.7 Å². The Morgan fingerprint density at radius 1 is 1.18 bits per heavy atom. The van der Waals surface area contributed by atoms with Gasteiger partial charge in [-0.1, -0.05) is 25.1 Å². The Morgan fingerprint density at radius 2 is 1.89 bits per heavy atom. The SMILES string of the molecule is CCCOc1ccc(CCC(=O)NC(C(=O)O)c2ccc(OC)c(F)c2)cc1. The molecular formula is C21H24FNO5. The van der Waals surface area contributed by atoms with Crippen LogP contribution in [0.15, 0.2) is 42.5 Å². The monoisotopic (exact) mass is 389 g/mol. The number of benzene rings is 2. The van der Waals surface area contributed by atoms with Gasteiger partial charge in [0.25, 0.3) is 0 Å². The highest BCUT2D eigenvalue weighted by Crippen LogP contribution is 2.22. The molecule has 0 fully saturated rings. The van der Waals surface area contributed by atoms with E-state index >= 15 is 0 Å². The second kappa shape index (κ2) is 10.3. The zero-order chi connectivity index (χ0) is 20.5. The van der Waals surface area contributed by atoms with Gasteiger partial charge in [0.15, 0.2) is 17.6 Å². The van der Waals surface area contributed by atoms with Crippen LogP contribution in [0.1, 0.15) is 36.9 Å². The van der Waals surface area contributed by atoms with E-state index in [1.807, 2.05) is 31.2 Å². The minimum Gasteiger partial charge on any atom is -0.494 e. The van der Waals surface area contributed by atoms with Crippen LogP contribution in [0.3, 0.4) is 0 Å². The van der Waals surface area contributed by atoms with Crippen molar-refractivity contribution in [3.05, 3.63) is 59.4 Å². The summed E-state index contributed by atoms with van der Waals surface area (Å²) in [5.41, 5.74) is 1.07. The number of ether oxygens (including phenoxy) is 2. The van der Waals surface area contributed by atoms with E-state index in [4.69, 9.17) is 9.47 Å². The predicted molar refractivity (Wildman–Crippen MR) is 102 cm³/mol. The average Bonchev–Trinajstić information content (AvgIpc) is 2.69. The number of hydrogen-bond donors (Lipinski definition) is 2. The van der Waals surface area contributed by atoms with Crippen molar-refractivity contribution in [1.29, 1.82) is 0 Å². The topological polar surface area (TPSA) is 84.9 Å². The number of hydrogen-bond acceptors (Lipinski definition) is 4. The summed E-state index contributed by atoms with van der Waals surface area (Å²) in [6, 6.07) is 9.86. The maximum Gasteiger partial charge on any atom is 0.330 e. The fraction of sp³-hybridized carbons (Fsp3) is 0.333. The van der Waals surface area contributed by atoms with E-state index in [0.717, 1.165) is 23.8 Å². The molecular weight excluding hydrogens is 365 g/mol. The smallest absolute Gasteiger partial charge is 0.330 e. The van der Waals surface area contributed by atoms with Crippen LogP contribution < -0.4 is 14.8 Å². The fourth-order valence-electron chi connectivity index (χ4n) is 2.61. The molecule has 1 amide bonds. The van der Waals surface area contributed by atoms with Crippen molar-refractivity contribution in [2.75, 3.05) is 13.7 Å². The molecule has 1 unspecified atom stereocenters. The summed E-state index contributed by atoms with van der Waals surface area (Å²) in [7, 11) is 1.32. The molecule has 28 heavy (non-hydrogen) atoms. The van der Waals surface area contributed by atoms with E-state index in [0.29, 0.717) is 13.0 Å². The Bertz CT molecular complexity index is 807. The van der Waals surface area contributed by atoms with E-state index in [-0.39, 0.29) is 17.7 Å². The number of rotatable bonds is 10. The molecule has 0 heterocycles. The third-order valence-corrected chi connectivity index (χ3v) is 4.10. The lowest BCUT2D eigenvalue weighted by Crippen LogP contribution is -2.34. The van der Waals surface area contributed by atoms with Gasteiger partial charge in [-0.3, -0.25) is 4.79 Å². The van der Waals surface area contributed by atoms with Gasteiger partial charge < -0.3 is 19.9 Å². The molecule has 2 N–H and O–H groups in total. The molecule has 6 nitrogen and oxygen atoms in total. The predicted octanol–water partition coefficient (Wildman–Crippen LogP) is 3.50. The minimum atomic E-state index is -1.34. The highest BCUT2D eigenvalue weighted by molar-refractivity contribution is 5.84. The molecule has 0 saturated carbocycles. The highest BCUT2D eigenvalue weighted by atomic mass is 19.1.